The first kappa shape index (κ1) is 13.2. The summed E-state index contributed by atoms with van der Waals surface area (Å²) in [7, 11) is 0. The van der Waals surface area contributed by atoms with Crippen molar-refractivity contribution in [3.8, 4) is 0 Å². The van der Waals surface area contributed by atoms with Gasteiger partial charge in [0.2, 0.25) is 6.10 Å². The van der Waals surface area contributed by atoms with Gasteiger partial charge < -0.3 is 9.47 Å². The lowest BCUT2D eigenvalue weighted by molar-refractivity contribution is -0.162. The Morgan fingerprint density at radius 1 is 1.69 bits per heavy atom. The van der Waals surface area contributed by atoms with Gasteiger partial charge in [-0.3, -0.25) is 4.79 Å². The minimum absolute atomic E-state index is 0.268. The minimum Gasteiger partial charge on any atom is -0.462 e. The van der Waals surface area contributed by atoms with Gasteiger partial charge in [0.1, 0.15) is 11.4 Å². The number of hydrogen-bond acceptors (Lipinski definition) is 4. The number of carbonyl (C=O) groups excluding carboxylic acids is 2. The monoisotopic (exact) mass is 290 g/mol. The van der Waals surface area contributed by atoms with Crippen molar-refractivity contribution >= 4 is 27.9 Å². The summed E-state index contributed by atoms with van der Waals surface area (Å²) >= 11 is 3.15. The Morgan fingerprint density at radius 3 is 2.62 bits per heavy atom. The molecule has 1 saturated heterocycles. The lowest BCUT2D eigenvalue weighted by Crippen LogP contribution is -2.37. The Kier molecular flexibility index (Phi) is 3.78. The van der Waals surface area contributed by atoms with Crippen LogP contribution in [0.2, 0.25) is 0 Å². The Morgan fingerprint density at radius 2 is 2.25 bits per heavy atom. The van der Waals surface area contributed by atoms with E-state index >= 15 is 0 Å². The second-order valence-corrected chi connectivity index (χ2v) is 5.54. The minimum atomic E-state index is -0.834. The van der Waals surface area contributed by atoms with E-state index in [0.717, 1.165) is 0 Å². The second-order valence-electron chi connectivity index (χ2n) is 4.62. The summed E-state index contributed by atoms with van der Waals surface area (Å²) in [5.74, 6) is -0.996. The third-order valence-electron chi connectivity index (χ3n) is 2.38. The van der Waals surface area contributed by atoms with Crippen LogP contribution in [0.3, 0.4) is 0 Å². The maximum absolute atomic E-state index is 11.6. The van der Waals surface area contributed by atoms with E-state index in [-0.39, 0.29) is 6.61 Å². The Bertz CT molecular complexity index is 335. The Labute approximate surface area is 103 Å². The molecule has 2 atom stereocenters. The van der Waals surface area contributed by atoms with E-state index in [1.54, 1.807) is 6.92 Å². The summed E-state index contributed by atoms with van der Waals surface area (Å²) in [4.78, 5) is 22.4. The van der Waals surface area contributed by atoms with Crippen LogP contribution in [0.1, 0.15) is 20.8 Å². The molecule has 90 valence electrons. The fourth-order valence-corrected chi connectivity index (χ4v) is 1.42. The van der Waals surface area contributed by atoms with Crippen LogP contribution in [0.4, 0.5) is 0 Å². The van der Waals surface area contributed by atoms with E-state index in [1.165, 1.54) is 0 Å². The zero-order valence-electron chi connectivity index (χ0n) is 9.58. The molecule has 1 aliphatic rings. The molecule has 0 N–H and O–H groups in total. The van der Waals surface area contributed by atoms with Gasteiger partial charge in [0.25, 0.3) is 0 Å². The lowest BCUT2D eigenvalue weighted by Gasteiger charge is -2.22. The summed E-state index contributed by atoms with van der Waals surface area (Å²) in [5.41, 5.74) is 0.156. The van der Waals surface area contributed by atoms with Crippen molar-refractivity contribution in [2.24, 2.45) is 5.41 Å². The highest BCUT2D eigenvalue weighted by Gasteiger charge is 2.47. The largest absolute Gasteiger partial charge is 0.462 e. The van der Waals surface area contributed by atoms with E-state index in [0.29, 0.717) is 5.57 Å². The van der Waals surface area contributed by atoms with Crippen molar-refractivity contribution < 1.29 is 19.1 Å². The molecule has 16 heavy (non-hydrogen) atoms. The average molecular weight is 291 g/mol. The Hall–Kier alpha value is -0.840. The van der Waals surface area contributed by atoms with Gasteiger partial charge in [-0.2, -0.15) is 0 Å². The van der Waals surface area contributed by atoms with Gasteiger partial charge >= 0.3 is 11.9 Å². The zero-order chi connectivity index (χ0) is 12.5. The third kappa shape index (κ3) is 2.64. The van der Waals surface area contributed by atoms with Crippen molar-refractivity contribution in [2.75, 3.05) is 6.61 Å². The fraction of sp³-hybridized carbons (Fsp3) is 0.636. The summed E-state index contributed by atoms with van der Waals surface area (Å²) in [6.45, 7) is 9.26. The average Bonchev–Trinajstić information content (AvgIpc) is 2.43. The predicted octanol–water partition coefficient (Wildman–Crippen LogP) is 1.82. The summed E-state index contributed by atoms with van der Waals surface area (Å²) in [6.07, 6.45) is -0.834. The van der Waals surface area contributed by atoms with Crippen LogP contribution in [0.15, 0.2) is 12.2 Å². The smallest absolute Gasteiger partial charge is 0.348 e. The van der Waals surface area contributed by atoms with E-state index in [1.807, 2.05) is 13.8 Å². The van der Waals surface area contributed by atoms with E-state index in [4.69, 9.17) is 9.47 Å². The van der Waals surface area contributed by atoms with Gasteiger partial charge in [-0.15, -0.1) is 0 Å². The Balaban J connectivity index is 2.70. The fourth-order valence-electron chi connectivity index (χ4n) is 1.31. The van der Waals surface area contributed by atoms with Gasteiger partial charge in [-0.1, -0.05) is 41.9 Å². The number of alkyl halides is 1. The molecule has 0 spiro atoms. The van der Waals surface area contributed by atoms with Crippen LogP contribution in [0, 0.1) is 5.41 Å². The number of rotatable bonds is 3. The van der Waals surface area contributed by atoms with Gasteiger partial charge in [0.15, 0.2) is 0 Å². The topological polar surface area (TPSA) is 52.6 Å². The SMILES string of the molecule is C=C(C)[C@@H](Br)C(=O)O[C@H]1C(=O)OCC1(C)C. The molecular weight excluding hydrogens is 276 g/mol. The number of ether oxygens (including phenoxy) is 2. The van der Waals surface area contributed by atoms with Crippen LogP contribution in [0.25, 0.3) is 0 Å². The van der Waals surface area contributed by atoms with Crippen LogP contribution in [0.5, 0.6) is 0 Å². The molecule has 1 aliphatic heterocycles. The van der Waals surface area contributed by atoms with Crippen LogP contribution >= 0.6 is 15.9 Å². The van der Waals surface area contributed by atoms with Gasteiger partial charge in [-0.25, -0.2) is 4.79 Å². The quantitative estimate of drug-likeness (QED) is 0.452. The maximum Gasteiger partial charge on any atom is 0.348 e. The molecular formula is C11H15BrO4. The van der Waals surface area contributed by atoms with Crippen molar-refractivity contribution in [1.29, 1.82) is 0 Å². The normalized spacial score (nSPS) is 24.8. The molecule has 5 heteroatoms. The second kappa shape index (κ2) is 4.57. The summed E-state index contributed by atoms with van der Waals surface area (Å²) in [6, 6.07) is 0. The molecule has 0 aromatic rings. The van der Waals surface area contributed by atoms with Crippen LogP contribution < -0.4 is 0 Å². The first-order valence-electron chi connectivity index (χ1n) is 4.92. The van der Waals surface area contributed by atoms with Gasteiger partial charge in [0.05, 0.1) is 0 Å². The molecule has 4 nitrogen and oxygen atoms in total. The number of carbonyl (C=O) groups is 2. The molecule has 1 fully saturated rings. The van der Waals surface area contributed by atoms with Crippen LogP contribution in [-0.4, -0.2) is 29.5 Å². The van der Waals surface area contributed by atoms with Gasteiger partial charge in [-0.05, 0) is 6.92 Å². The zero-order valence-corrected chi connectivity index (χ0v) is 11.2. The number of halogens is 1. The van der Waals surface area contributed by atoms with E-state index in [2.05, 4.69) is 22.5 Å². The maximum atomic E-state index is 11.6. The molecule has 0 bridgehead atoms. The van der Waals surface area contributed by atoms with Crippen molar-refractivity contribution in [3.63, 3.8) is 0 Å². The molecule has 0 unspecified atom stereocenters. The van der Waals surface area contributed by atoms with E-state index in [9.17, 15) is 9.59 Å². The molecule has 0 aliphatic carbocycles. The first-order valence-corrected chi connectivity index (χ1v) is 5.84. The van der Waals surface area contributed by atoms with Crippen molar-refractivity contribution in [1.82, 2.24) is 0 Å². The molecule has 1 heterocycles. The highest BCUT2D eigenvalue weighted by Crippen LogP contribution is 2.31. The van der Waals surface area contributed by atoms with Gasteiger partial charge in [0, 0.05) is 5.41 Å². The third-order valence-corrected chi connectivity index (χ3v) is 3.54. The standard InChI is InChI=1S/C11H15BrO4/c1-6(2)7(12)9(13)16-8-10(14)15-5-11(8,3)4/h7-8H,1,5H2,2-4H3/t7-,8+/m1/s1. The molecule has 0 aromatic carbocycles. The molecule has 0 amide bonds. The lowest BCUT2D eigenvalue weighted by atomic mass is 9.90. The molecule has 0 radical (unpaired) electrons. The van der Waals surface area contributed by atoms with E-state index < -0.39 is 28.3 Å². The molecule has 0 saturated carbocycles. The van der Waals surface area contributed by atoms with Crippen LogP contribution in [-0.2, 0) is 19.1 Å². The molecule has 0 aromatic heterocycles. The highest BCUT2D eigenvalue weighted by molar-refractivity contribution is 9.10. The predicted molar refractivity (Wildman–Crippen MR) is 62.1 cm³/mol. The summed E-state index contributed by atoms with van der Waals surface area (Å²) in [5, 5.41) is 0. The number of esters is 2. The summed E-state index contributed by atoms with van der Waals surface area (Å²) < 4.78 is 10.0. The first-order chi connectivity index (χ1) is 7.25. The van der Waals surface area contributed by atoms with Crippen molar-refractivity contribution in [3.05, 3.63) is 12.2 Å². The number of cyclic esters (lactones) is 1. The highest BCUT2D eigenvalue weighted by atomic mass is 79.9. The van der Waals surface area contributed by atoms with Crippen molar-refractivity contribution in [2.45, 2.75) is 31.7 Å². The number of hydrogen-bond donors (Lipinski definition) is 0. The molecule has 1 rings (SSSR count).